The van der Waals surface area contributed by atoms with E-state index in [1.807, 2.05) is 68.0 Å². The summed E-state index contributed by atoms with van der Waals surface area (Å²) in [5, 5.41) is 0. The zero-order valence-corrected chi connectivity index (χ0v) is 36.9. The molecule has 0 unspecified atom stereocenters. The molecule has 0 N–H and O–H groups in total. The Balaban J connectivity index is 0.794. The summed E-state index contributed by atoms with van der Waals surface area (Å²) < 4.78 is 0. The number of benzene rings is 4. The lowest BCUT2D eigenvalue weighted by atomic mass is 10.0. The minimum atomic E-state index is 1.07. The highest BCUT2D eigenvalue weighted by atomic mass is 32.1. The fourth-order valence-corrected chi connectivity index (χ4v) is 13.7. The van der Waals surface area contributed by atoms with Gasteiger partial charge in [0.25, 0.3) is 0 Å². The number of rotatable bonds is 11. The second kappa shape index (κ2) is 16.4. The molecule has 6 aromatic heterocycles. The van der Waals surface area contributed by atoms with E-state index in [1.54, 1.807) is 0 Å². The molecule has 0 aliphatic rings. The predicted molar refractivity (Wildman–Crippen MR) is 261 cm³/mol. The maximum absolute atomic E-state index is 2.29. The number of hydrogen-bond donors (Lipinski definition) is 0. The summed E-state index contributed by atoms with van der Waals surface area (Å²) in [6.45, 7) is 4.40. The molecular formula is C52H38S6. The van der Waals surface area contributed by atoms with E-state index >= 15 is 0 Å². The molecule has 0 fully saturated rings. The van der Waals surface area contributed by atoms with Crippen molar-refractivity contribution in [2.75, 3.05) is 0 Å². The van der Waals surface area contributed by atoms with Gasteiger partial charge in [-0.2, -0.15) is 0 Å². The van der Waals surface area contributed by atoms with Crippen LogP contribution in [0.3, 0.4) is 0 Å². The van der Waals surface area contributed by atoms with Gasteiger partial charge >= 0.3 is 0 Å². The Labute approximate surface area is 364 Å². The Kier molecular flexibility index (Phi) is 10.6. The zero-order chi connectivity index (χ0) is 39.0. The Morgan fingerprint density at radius 2 is 0.379 bits per heavy atom. The van der Waals surface area contributed by atoms with Crippen LogP contribution in [-0.4, -0.2) is 0 Å². The van der Waals surface area contributed by atoms with Gasteiger partial charge in [-0.1, -0.05) is 111 Å². The molecular weight excluding hydrogens is 817 g/mol. The summed E-state index contributed by atoms with van der Waals surface area (Å²) in [6, 6.07) is 63.3. The van der Waals surface area contributed by atoms with Crippen molar-refractivity contribution < 1.29 is 0 Å². The van der Waals surface area contributed by atoms with Crippen LogP contribution >= 0.6 is 68.0 Å². The number of aryl methyl sites for hydroxylation is 2. The normalized spacial score (nSPS) is 11.4. The summed E-state index contributed by atoms with van der Waals surface area (Å²) >= 11 is 11.3. The Bertz CT molecular complexity index is 2730. The largest absolute Gasteiger partial charge is 0.134 e. The first kappa shape index (κ1) is 37.4. The van der Waals surface area contributed by atoms with E-state index in [0.717, 1.165) is 12.8 Å². The van der Waals surface area contributed by atoms with Gasteiger partial charge in [0.05, 0.1) is 0 Å². The predicted octanol–water partition coefficient (Wildman–Crippen LogP) is 18.2. The van der Waals surface area contributed by atoms with Crippen LogP contribution in [0.15, 0.2) is 170 Å². The van der Waals surface area contributed by atoms with E-state index in [1.165, 1.54) is 103 Å². The van der Waals surface area contributed by atoms with Gasteiger partial charge in [0.15, 0.2) is 0 Å². The van der Waals surface area contributed by atoms with E-state index in [9.17, 15) is 0 Å². The first-order chi connectivity index (χ1) is 28.6. The molecule has 10 aromatic rings. The van der Waals surface area contributed by atoms with Crippen molar-refractivity contribution in [1.29, 1.82) is 0 Å². The molecule has 0 saturated carbocycles. The van der Waals surface area contributed by atoms with Crippen LogP contribution in [0.5, 0.6) is 0 Å². The minimum Gasteiger partial charge on any atom is -0.134 e. The Morgan fingerprint density at radius 3 is 0.603 bits per heavy atom. The monoisotopic (exact) mass is 854 g/mol. The van der Waals surface area contributed by atoms with E-state index in [2.05, 4.69) is 184 Å². The smallest absolute Gasteiger partial charge is 0.0449 e. The van der Waals surface area contributed by atoms with Gasteiger partial charge in [0, 0.05) is 58.5 Å². The van der Waals surface area contributed by atoms with Crippen LogP contribution in [0.4, 0.5) is 0 Å². The van der Waals surface area contributed by atoms with Crippen LogP contribution in [0, 0.1) is 0 Å². The van der Waals surface area contributed by atoms with Crippen molar-refractivity contribution in [3.05, 3.63) is 181 Å². The lowest BCUT2D eigenvalue weighted by Crippen LogP contribution is -1.81. The van der Waals surface area contributed by atoms with Crippen molar-refractivity contribution >= 4 is 68.0 Å². The van der Waals surface area contributed by atoms with Gasteiger partial charge in [-0.15, -0.1) is 68.0 Å². The molecule has 0 aliphatic carbocycles. The lowest BCUT2D eigenvalue weighted by molar-refractivity contribution is 1.14. The van der Waals surface area contributed by atoms with Gasteiger partial charge in [0.1, 0.15) is 0 Å². The molecule has 4 aromatic carbocycles. The summed E-state index contributed by atoms with van der Waals surface area (Å²) in [5.74, 6) is 0. The lowest BCUT2D eigenvalue weighted by Gasteiger charge is -2.05. The molecule has 0 nitrogen and oxygen atoms in total. The highest BCUT2D eigenvalue weighted by Gasteiger charge is 2.15. The molecule has 0 saturated heterocycles. The van der Waals surface area contributed by atoms with Crippen molar-refractivity contribution in [3.63, 3.8) is 0 Å². The molecule has 0 bridgehead atoms. The van der Waals surface area contributed by atoms with Crippen LogP contribution in [0.1, 0.15) is 25.0 Å². The molecule has 0 spiro atoms. The van der Waals surface area contributed by atoms with E-state index in [4.69, 9.17) is 0 Å². The second-order valence-electron chi connectivity index (χ2n) is 14.2. The van der Waals surface area contributed by atoms with Crippen LogP contribution < -0.4 is 0 Å². The van der Waals surface area contributed by atoms with E-state index in [0.29, 0.717) is 0 Å². The second-order valence-corrected chi connectivity index (χ2v) is 20.7. The van der Waals surface area contributed by atoms with Crippen LogP contribution in [0.25, 0.3) is 91.9 Å². The minimum absolute atomic E-state index is 1.07. The van der Waals surface area contributed by atoms with Gasteiger partial charge in [-0.25, -0.2) is 0 Å². The quantitative estimate of drug-likeness (QED) is 0.122. The first-order valence-electron chi connectivity index (χ1n) is 19.6. The molecule has 0 aliphatic heterocycles. The standard InChI is InChI=1S/C52H38S6/c1-3-33-5-9-35(10-6-33)37-13-17-39(18-14-37)41-21-23-43(53-41)45-25-27-47(55-45)49-29-31-51(57-49)52-32-30-50(58-52)48-28-26-46(56-48)44-24-22-42(54-44)40-19-15-38(16-20-40)36-11-7-34(4-2)8-12-36/h5-32H,3-4H2,1-2H3. The first-order valence-corrected chi connectivity index (χ1v) is 24.5. The van der Waals surface area contributed by atoms with Crippen LogP contribution in [0.2, 0.25) is 0 Å². The van der Waals surface area contributed by atoms with Crippen molar-refractivity contribution in [3.8, 4) is 91.9 Å². The van der Waals surface area contributed by atoms with Gasteiger partial charge < -0.3 is 0 Å². The highest BCUT2D eigenvalue weighted by molar-refractivity contribution is 7.30. The van der Waals surface area contributed by atoms with Crippen molar-refractivity contribution in [2.45, 2.75) is 26.7 Å². The summed E-state index contributed by atoms with van der Waals surface area (Å²) in [6.07, 6.45) is 2.14. The molecule has 282 valence electrons. The summed E-state index contributed by atoms with van der Waals surface area (Å²) in [7, 11) is 0. The summed E-state index contributed by atoms with van der Waals surface area (Å²) in [5.41, 5.74) is 10.3. The SMILES string of the molecule is CCc1ccc(-c2ccc(-c3ccc(-c4ccc(-c5ccc(-c6ccc(-c7ccc(-c8ccc(-c9ccc(-c%10ccc(CC)cc%10)cc9)s8)s7)s6)s5)s4)s3)cc2)cc1. The number of hydrogen-bond acceptors (Lipinski definition) is 6. The van der Waals surface area contributed by atoms with Gasteiger partial charge in [-0.3, -0.25) is 0 Å². The van der Waals surface area contributed by atoms with Crippen LogP contribution in [-0.2, 0) is 12.8 Å². The molecule has 6 heterocycles. The fraction of sp³-hybridized carbons (Fsp3) is 0.0769. The molecule has 6 heteroatoms. The topological polar surface area (TPSA) is 0 Å². The van der Waals surface area contributed by atoms with Crippen molar-refractivity contribution in [1.82, 2.24) is 0 Å². The number of thiophene rings is 6. The highest BCUT2D eigenvalue weighted by Crippen LogP contribution is 2.47. The van der Waals surface area contributed by atoms with Gasteiger partial charge in [0.2, 0.25) is 0 Å². The summed E-state index contributed by atoms with van der Waals surface area (Å²) in [4.78, 5) is 15.9. The molecule has 0 amide bonds. The van der Waals surface area contributed by atoms with E-state index < -0.39 is 0 Å². The molecule has 0 radical (unpaired) electrons. The third-order valence-corrected chi connectivity index (χ3v) is 18.2. The average molecular weight is 855 g/mol. The molecule has 0 atom stereocenters. The fourth-order valence-electron chi connectivity index (χ4n) is 7.18. The van der Waals surface area contributed by atoms with E-state index in [-0.39, 0.29) is 0 Å². The Hall–Kier alpha value is -4.92. The molecule has 10 rings (SSSR count). The Morgan fingerprint density at radius 1 is 0.207 bits per heavy atom. The molecule has 58 heavy (non-hydrogen) atoms. The zero-order valence-electron chi connectivity index (χ0n) is 32.0. The van der Waals surface area contributed by atoms with Crippen molar-refractivity contribution in [2.24, 2.45) is 0 Å². The third kappa shape index (κ3) is 7.69. The third-order valence-electron chi connectivity index (χ3n) is 10.6. The van der Waals surface area contributed by atoms with Gasteiger partial charge in [-0.05, 0) is 130 Å². The average Bonchev–Trinajstić information content (AvgIpc) is 4.13. The maximum atomic E-state index is 2.29. The maximum Gasteiger partial charge on any atom is 0.0449 e.